The van der Waals surface area contributed by atoms with Gasteiger partial charge in [0.15, 0.2) is 17.3 Å². The molecule has 0 aliphatic heterocycles. The van der Waals surface area contributed by atoms with Gasteiger partial charge in [0.2, 0.25) is 0 Å². The standard InChI is InChI=1S/C16H13ClO3/c1-20-15-4-2-3-12(16(15)19)7-10-14(18)11-5-8-13(17)9-6-11/h2-10,19H,1H3/b10-7+. The molecule has 0 aliphatic rings. The maximum Gasteiger partial charge on any atom is 0.185 e. The molecule has 102 valence electrons. The molecule has 3 nitrogen and oxygen atoms in total. The number of rotatable bonds is 4. The summed E-state index contributed by atoms with van der Waals surface area (Å²) in [7, 11) is 1.47. The third-order valence-electron chi connectivity index (χ3n) is 2.79. The molecule has 0 atom stereocenters. The maximum absolute atomic E-state index is 12.0. The number of benzene rings is 2. The van der Waals surface area contributed by atoms with Crippen molar-refractivity contribution in [3.63, 3.8) is 0 Å². The molecule has 0 fully saturated rings. The van der Waals surface area contributed by atoms with Crippen LogP contribution in [0.4, 0.5) is 0 Å². The van der Waals surface area contributed by atoms with Crippen LogP contribution in [0.2, 0.25) is 5.02 Å². The van der Waals surface area contributed by atoms with Gasteiger partial charge in [-0.3, -0.25) is 4.79 Å². The van der Waals surface area contributed by atoms with E-state index in [2.05, 4.69) is 0 Å². The van der Waals surface area contributed by atoms with Crippen LogP contribution >= 0.6 is 11.6 Å². The molecule has 0 saturated carbocycles. The molecular formula is C16H13ClO3. The van der Waals surface area contributed by atoms with Crippen LogP contribution in [0.15, 0.2) is 48.5 Å². The second kappa shape index (κ2) is 6.26. The Bertz CT molecular complexity index is 645. The van der Waals surface area contributed by atoms with E-state index in [1.54, 1.807) is 48.5 Å². The van der Waals surface area contributed by atoms with E-state index in [0.29, 0.717) is 21.9 Å². The zero-order valence-electron chi connectivity index (χ0n) is 10.8. The summed E-state index contributed by atoms with van der Waals surface area (Å²) in [4.78, 5) is 12.0. The summed E-state index contributed by atoms with van der Waals surface area (Å²) in [6.45, 7) is 0. The first-order valence-corrected chi connectivity index (χ1v) is 6.33. The molecule has 2 aromatic carbocycles. The number of ketones is 1. The Kier molecular flexibility index (Phi) is 4.43. The number of hydrogen-bond acceptors (Lipinski definition) is 3. The van der Waals surface area contributed by atoms with Crippen LogP contribution in [0.25, 0.3) is 6.08 Å². The Balaban J connectivity index is 2.21. The molecule has 0 bridgehead atoms. The number of para-hydroxylation sites is 1. The first kappa shape index (κ1) is 14.2. The molecule has 0 unspecified atom stereocenters. The molecule has 0 amide bonds. The van der Waals surface area contributed by atoms with E-state index in [0.717, 1.165) is 0 Å². The maximum atomic E-state index is 12.0. The predicted molar refractivity (Wildman–Crippen MR) is 79.5 cm³/mol. The molecule has 0 radical (unpaired) electrons. The highest BCUT2D eigenvalue weighted by atomic mass is 35.5. The minimum Gasteiger partial charge on any atom is -0.504 e. The number of hydrogen-bond donors (Lipinski definition) is 1. The van der Waals surface area contributed by atoms with Gasteiger partial charge in [-0.1, -0.05) is 23.7 Å². The number of allylic oxidation sites excluding steroid dienone is 1. The lowest BCUT2D eigenvalue weighted by Gasteiger charge is -2.05. The topological polar surface area (TPSA) is 46.5 Å². The molecule has 2 rings (SSSR count). The number of aromatic hydroxyl groups is 1. The SMILES string of the molecule is COc1cccc(/C=C/C(=O)c2ccc(Cl)cc2)c1O. The first-order chi connectivity index (χ1) is 9.61. The van der Waals surface area contributed by atoms with Crippen LogP contribution in [0.3, 0.4) is 0 Å². The Morgan fingerprint density at radius 1 is 1.20 bits per heavy atom. The van der Waals surface area contributed by atoms with Crippen LogP contribution in [0.1, 0.15) is 15.9 Å². The van der Waals surface area contributed by atoms with Crippen molar-refractivity contribution in [2.45, 2.75) is 0 Å². The molecule has 0 aromatic heterocycles. The van der Waals surface area contributed by atoms with Crippen LogP contribution in [0.5, 0.6) is 11.5 Å². The van der Waals surface area contributed by atoms with Gasteiger partial charge in [0.25, 0.3) is 0 Å². The average molecular weight is 289 g/mol. The number of methoxy groups -OCH3 is 1. The van der Waals surface area contributed by atoms with Gasteiger partial charge in [-0.15, -0.1) is 0 Å². The van der Waals surface area contributed by atoms with Crippen molar-refractivity contribution in [2.75, 3.05) is 7.11 Å². The summed E-state index contributed by atoms with van der Waals surface area (Å²) in [5, 5.41) is 10.5. The normalized spacial score (nSPS) is 10.7. The van der Waals surface area contributed by atoms with E-state index < -0.39 is 0 Å². The number of halogens is 1. The van der Waals surface area contributed by atoms with Crippen LogP contribution in [0, 0.1) is 0 Å². The minimum absolute atomic E-state index is 0.00940. The summed E-state index contributed by atoms with van der Waals surface area (Å²) in [5.74, 6) is 0.213. The van der Waals surface area contributed by atoms with E-state index in [9.17, 15) is 9.90 Å². The Morgan fingerprint density at radius 2 is 1.90 bits per heavy atom. The fraction of sp³-hybridized carbons (Fsp3) is 0.0625. The van der Waals surface area contributed by atoms with E-state index in [1.165, 1.54) is 13.2 Å². The molecule has 4 heteroatoms. The van der Waals surface area contributed by atoms with Gasteiger partial charge in [0.1, 0.15) is 0 Å². The van der Waals surface area contributed by atoms with Crippen LogP contribution in [-0.2, 0) is 0 Å². The fourth-order valence-electron chi connectivity index (χ4n) is 1.71. The monoisotopic (exact) mass is 288 g/mol. The van der Waals surface area contributed by atoms with Gasteiger partial charge >= 0.3 is 0 Å². The fourth-order valence-corrected chi connectivity index (χ4v) is 1.84. The van der Waals surface area contributed by atoms with Crippen molar-refractivity contribution in [1.29, 1.82) is 0 Å². The smallest absolute Gasteiger partial charge is 0.185 e. The van der Waals surface area contributed by atoms with Crippen molar-refractivity contribution < 1.29 is 14.6 Å². The van der Waals surface area contributed by atoms with Crippen molar-refractivity contribution in [2.24, 2.45) is 0 Å². The van der Waals surface area contributed by atoms with Gasteiger partial charge in [-0.05, 0) is 42.5 Å². The third-order valence-corrected chi connectivity index (χ3v) is 3.05. The summed E-state index contributed by atoms with van der Waals surface area (Å²) < 4.78 is 5.01. The van der Waals surface area contributed by atoms with Gasteiger partial charge < -0.3 is 9.84 Å². The van der Waals surface area contributed by atoms with Gasteiger partial charge in [-0.2, -0.15) is 0 Å². The second-order valence-electron chi connectivity index (χ2n) is 4.10. The minimum atomic E-state index is -0.163. The lowest BCUT2D eigenvalue weighted by Crippen LogP contribution is -1.93. The molecule has 0 saturated heterocycles. The van der Waals surface area contributed by atoms with Crippen molar-refractivity contribution in [3.05, 3.63) is 64.7 Å². The first-order valence-electron chi connectivity index (χ1n) is 5.96. The molecule has 2 aromatic rings. The number of phenolic OH excluding ortho intramolecular Hbond substituents is 1. The summed E-state index contributed by atoms with van der Waals surface area (Å²) in [6.07, 6.45) is 2.95. The molecular weight excluding hydrogens is 276 g/mol. The number of phenols is 1. The van der Waals surface area contributed by atoms with Crippen molar-refractivity contribution in [3.8, 4) is 11.5 Å². The zero-order valence-corrected chi connectivity index (χ0v) is 11.6. The molecule has 1 N–H and O–H groups in total. The van der Waals surface area contributed by atoms with Gasteiger partial charge in [0, 0.05) is 16.1 Å². The highest BCUT2D eigenvalue weighted by Gasteiger charge is 2.06. The number of carbonyl (C=O) groups is 1. The highest BCUT2D eigenvalue weighted by Crippen LogP contribution is 2.30. The largest absolute Gasteiger partial charge is 0.504 e. The molecule has 0 heterocycles. The lowest BCUT2D eigenvalue weighted by molar-refractivity contribution is 0.104. The van der Waals surface area contributed by atoms with Crippen molar-refractivity contribution in [1.82, 2.24) is 0 Å². The summed E-state index contributed by atoms with van der Waals surface area (Å²) in [5.41, 5.74) is 1.06. The van der Waals surface area contributed by atoms with E-state index in [-0.39, 0.29) is 11.5 Å². The zero-order chi connectivity index (χ0) is 14.5. The van der Waals surface area contributed by atoms with Crippen molar-refractivity contribution >= 4 is 23.5 Å². The van der Waals surface area contributed by atoms with E-state index in [4.69, 9.17) is 16.3 Å². The quantitative estimate of drug-likeness (QED) is 0.684. The van der Waals surface area contributed by atoms with Gasteiger partial charge in [-0.25, -0.2) is 0 Å². The molecule has 20 heavy (non-hydrogen) atoms. The van der Waals surface area contributed by atoms with E-state index >= 15 is 0 Å². The number of ether oxygens (including phenoxy) is 1. The predicted octanol–water partition coefficient (Wildman–Crippen LogP) is 3.95. The number of carbonyl (C=O) groups excluding carboxylic acids is 1. The lowest BCUT2D eigenvalue weighted by atomic mass is 10.1. The Labute approximate surface area is 122 Å². The Hall–Kier alpha value is -2.26. The molecule has 0 spiro atoms. The van der Waals surface area contributed by atoms with Crippen LogP contribution in [-0.4, -0.2) is 18.0 Å². The third kappa shape index (κ3) is 3.19. The van der Waals surface area contributed by atoms with Crippen LogP contribution < -0.4 is 4.74 Å². The van der Waals surface area contributed by atoms with Gasteiger partial charge in [0.05, 0.1) is 7.11 Å². The summed E-state index contributed by atoms with van der Waals surface area (Å²) in [6, 6.07) is 11.7. The molecule has 0 aliphatic carbocycles. The average Bonchev–Trinajstić information content (AvgIpc) is 2.46. The Morgan fingerprint density at radius 3 is 2.55 bits per heavy atom. The second-order valence-corrected chi connectivity index (χ2v) is 4.54. The highest BCUT2D eigenvalue weighted by molar-refractivity contribution is 6.30. The summed E-state index contributed by atoms with van der Waals surface area (Å²) >= 11 is 5.77. The van der Waals surface area contributed by atoms with E-state index in [1.807, 2.05) is 0 Å².